The van der Waals surface area contributed by atoms with Crippen LogP contribution in [-0.2, 0) is 16.1 Å². The highest BCUT2D eigenvalue weighted by Gasteiger charge is 2.13. The second-order valence-corrected chi connectivity index (χ2v) is 3.20. The van der Waals surface area contributed by atoms with Crippen molar-refractivity contribution in [1.29, 1.82) is 0 Å². The zero-order valence-electron chi connectivity index (χ0n) is 9.53. The van der Waals surface area contributed by atoms with Crippen LogP contribution in [0.25, 0.3) is 0 Å². The van der Waals surface area contributed by atoms with Gasteiger partial charge in [0.2, 0.25) is 5.91 Å². The first-order chi connectivity index (χ1) is 7.69. The topological polar surface area (TPSA) is 60.3 Å². The molecule has 0 aromatic carbocycles. The van der Waals surface area contributed by atoms with E-state index >= 15 is 0 Å². The zero-order chi connectivity index (χ0) is 12.0. The van der Waals surface area contributed by atoms with Crippen LogP contribution in [0.4, 0.5) is 0 Å². The molecule has 1 rings (SSSR count). The van der Waals surface area contributed by atoms with Gasteiger partial charge in [-0.25, -0.2) is 4.79 Å². The fourth-order valence-electron chi connectivity index (χ4n) is 1.35. The molecule has 1 amide bonds. The van der Waals surface area contributed by atoms with Gasteiger partial charge in [0.25, 0.3) is 0 Å². The minimum atomic E-state index is -0.406. The number of rotatable bonds is 5. The van der Waals surface area contributed by atoms with Crippen molar-refractivity contribution >= 4 is 11.9 Å². The predicted molar refractivity (Wildman–Crippen MR) is 59.1 cm³/mol. The lowest BCUT2D eigenvalue weighted by atomic mass is 10.4. The Hall–Kier alpha value is -1.78. The number of hydrogen-bond donors (Lipinski definition) is 1. The van der Waals surface area contributed by atoms with E-state index in [-0.39, 0.29) is 12.5 Å². The van der Waals surface area contributed by atoms with Crippen molar-refractivity contribution in [1.82, 2.24) is 9.88 Å². The Morgan fingerprint density at radius 1 is 1.44 bits per heavy atom. The lowest BCUT2D eigenvalue weighted by molar-refractivity contribution is -0.121. The van der Waals surface area contributed by atoms with Crippen molar-refractivity contribution < 1.29 is 14.3 Å². The highest BCUT2D eigenvalue weighted by Crippen LogP contribution is 2.04. The first kappa shape index (κ1) is 12.3. The van der Waals surface area contributed by atoms with Crippen LogP contribution in [0.5, 0.6) is 0 Å². The number of nitrogens with zero attached hydrogens (tertiary/aromatic N) is 1. The summed E-state index contributed by atoms with van der Waals surface area (Å²) in [6, 6.07) is 3.35. The Labute approximate surface area is 94.4 Å². The molecule has 0 bridgehead atoms. The average Bonchev–Trinajstić information content (AvgIpc) is 2.66. The van der Waals surface area contributed by atoms with Crippen LogP contribution < -0.4 is 5.32 Å². The maximum absolute atomic E-state index is 11.5. The molecule has 0 fully saturated rings. The van der Waals surface area contributed by atoms with Gasteiger partial charge in [0.05, 0.1) is 6.61 Å². The maximum Gasteiger partial charge on any atom is 0.354 e. The zero-order valence-corrected chi connectivity index (χ0v) is 9.53. The molecule has 5 heteroatoms. The van der Waals surface area contributed by atoms with E-state index in [9.17, 15) is 9.59 Å². The van der Waals surface area contributed by atoms with Gasteiger partial charge >= 0.3 is 5.97 Å². The van der Waals surface area contributed by atoms with Crippen LogP contribution >= 0.6 is 0 Å². The number of esters is 1. The van der Waals surface area contributed by atoms with Crippen molar-refractivity contribution in [2.75, 3.05) is 13.2 Å². The number of nitrogens with one attached hydrogen (secondary N) is 1. The molecule has 0 unspecified atom stereocenters. The molecule has 1 N–H and O–H groups in total. The van der Waals surface area contributed by atoms with Crippen molar-refractivity contribution in [3.63, 3.8) is 0 Å². The highest BCUT2D eigenvalue weighted by atomic mass is 16.5. The molecule has 0 radical (unpaired) electrons. The molecule has 0 aliphatic rings. The molecule has 1 aromatic heterocycles. The summed E-state index contributed by atoms with van der Waals surface area (Å²) in [5.74, 6) is -0.527. The summed E-state index contributed by atoms with van der Waals surface area (Å²) in [5.41, 5.74) is 0.396. The maximum atomic E-state index is 11.5. The first-order valence-corrected chi connectivity index (χ1v) is 5.28. The van der Waals surface area contributed by atoms with Crippen molar-refractivity contribution in [2.24, 2.45) is 0 Å². The third-order valence-corrected chi connectivity index (χ3v) is 2.00. The van der Waals surface area contributed by atoms with Crippen LogP contribution in [-0.4, -0.2) is 29.6 Å². The van der Waals surface area contributed by atoms with Crippen LogP contribution in [0.2, 0.25) is 0 Å². The van der Waals surface area contributed by atoms with E-state index in [4.69, 9.17) is 4.74 Å². The molecule has 0 atom stereocenters. The predicted octanol–water partition coefficient (Wildman–Crippen LogP) is 0.801. The van der Waals surface area contributed by atoms with Gasteiger partial charge in [0, 0.05) is 12.7 Å². The smallest absolute Gasteiger partial charge is 0.354 e. The largest absolute Gasteiger partial charge is 0.461 e. The van der Waals surface area contributed by atoms with Gasteiger partial charge in [-0.15, -0.1) is 0 Å². The van der Waals surface area contributed by atoms with E-state index in [0.29, 0.717) is 18.8 Å². The molecule has 16 heavy (non-hydrogen) atoms. The van der Waals surface area contributed by atoms with Crippen molar-refractivity contribution in [3.05, 3.63) is 24.0 Å². The molecule has 1 aromatic rings. The Bertz CT molecular complexity index is 371. The summed E-state index contributed by atoms with van der Waals surface area (Å²) in [5, 5.41) is 2.67. The quantitative estimate of drug-likeness (QED) is 0.752. The van der Waals surface area contributed by atoms with E-state index in [1.54, 1.807) is 29.8 Å². The molecule has 0 aliphatic carbocycles. The van der Waals surface area contributed by atoms with Gasteiger partial charge in [-0.1, -0.05) is 0 Å². The van der Waals surface area contributed by atoms with Gasteiger partial charge < -0.3 is 14.6 Å². The lowest BCUT2D eigenvalue weighted by Crippen LogP contribution is -2.28. The van der Waals surface area contributed by atoms with Gasteiger partial charge in [-0.05, 0) is 26.0 Å². The minimum absolute atomic E-state index is 0.121. The molecule has 1 heterocycles. The van der Waals surface area contributed by atoms with E-state index < -0.39 is 5.97 Å². The van der Waals surface area contributed by atoms with Gasteiger partial charge in [-0.2, -0.15) is 0 Å². The van der Waals surface area contributed by atoms with Gasteiger partial charge in [0.15, 0.2) is 0 Å². The minimum Gasteiger partial charge on any atom is -0.461 e. The van der Waals surface area contributed by atoms with E-state index in [1.807, 2.05) is 6.92 Å². The van der Waals surface area contributed by atoms with Crippen LogP contribution in [0, 0.1) is 0 Å². The van der Waals surface area contributed by atoms with E-state index in [2.05, 4.69) is 5.32 Å². The van der Waals surface area contributed by atoms with Gasteiger partial charge in [-0.3, -0.25) is 4.79 Å². The molecular formula is C11H16N2O3. The number of ether oxygens (including phenoxy) is 1. The van der Waals surface area contributed by atoms with Crippen LogP contribution in [0.1, 0.15) is 24.3 Å². The molecule has 5 nitrogen and oxygen atoms in total. The third-order valence-electron chi connectivity index (χ3n) is 2.00. The number of amides is 1. The fraction of sp³-hybridized carbons (Fsp3) is 0.455. The second kappa shape index (κ2) is 5.95. The summed E-state index contributed by atoms with van der Waals surface area (Å²) in [6.45, 7) is 4.63. The van der Waals surface area contributed by atoms with Crippen molar-refractivity contribution in [2.45, 2.75) is 20.4 Å². The number of likely N-dealkylation sites (N-methyl/N-ethyl adjacent to an activating group) is 1. The average molecular weight is 224 g/mol. The Kier molecular flexibility index (Phi) is 4.57. The highest BCUT2D eigenvalue weighted by molar-refractivity contribution is 5.88. The number of carbonyl (C=O) groups is 2. The molecule has 0 saturated heterocycles. The summed E-state index contributed by atoms with van der Waals surface area (Å²) in [6.07, 6.45) is 1.68. The lowest BCUT2D eigenvalue weighted by Gasteiger charge is -2.08. The Morgan fingerprint density at radius 2 is 2.19 bits per heavy atom. The SMILES string of the molecule is CCNC(=O)Cn1cccc1C(=O)OCC. The number of aromatic nitrogens is 1. The summed E-state index contributed by atoms with van der Waals surface area (Å²) in [7, 11) is 0. The van der Waals surface area contributed by atoms with Crippen molar-refractivity contribution in [3.8, 4) is 0 Å². The fourth-order valence-corrected chi connectivity index (χ4v) is 1.35. The molecule has 0 aliphatic heterocycles. The molecule has 88 valence electrons. The summed E-state index contributed by atoms with van der Waals surface area (Å²) < 4.78 is 6.45. The first-order valence-electron chi connectivity index (χ1n) is 5.28. The number of carbonyl (C=O) groups excluding carboxylic acids is 2. The molecule has 0 saturated carbocycles. The normalized spacial score (nSPS) is 9.88. The molecular weight excluding hydrogens is 208 g/mol. The second-order valence-electron chi connectivity index (χ2n) is 3.20. The Balaban J connectivity index is 2.70. The standard InChI is InChI=1S/C11H16N2O3/c1-3-12-10(14)8-13-7-5-6-9(13)11(15)16-4-2/h5-7H,3-4,8H2,1-2H3,(H,12,14). The van der Waals surface area contributed by atoms with Gasteiger partial charge in [0.1, 0.15) is 12.2 Å². The van der Waals surface area contributed by atoms with Crippen LogP contribution in [0.15, 0.2) is 18.3 Å². The monoisotopic (exact) mass is 224 g/mol. The van der Waals surface area contributed by atoms with E-state index in [0.717, 1.165) is 0 Å². The van der Waals surface area contributed by atoms with E-state index in [1.165, 1.54) is 0 Å². The third kappa shape index (κ3) is 3.12. The summed E-state index contributed by atoms with van der Waals surface area (Å²) >= 11 is 0. The summed E-state index contributed by atoms with van der Waals surface area (Å²) in [4.78, 5) is 22.9. The number of hydrogen-bond acceptors (Lipinski definition) is 3. The van der Waals surface area contributed by atoms with Crippen LogP contribution in [0.3, 0.4) is 0 Å². The Morgan fingerprint density at radius 3 is 2.81 bits per heavy atom. The molecule has 0 spiro atoms.